The van der Waals surface area contributed by atoms with Crippen molar-refractivity contribution >= 4 is 11.7 Å². The van der Waals surface area contributed by atoms with Gasteiger partial charge in [-0.2, -0.15) is 0 Å². The molecule has 0 saturated heterocycles. The molecule has 0 amide bonds. The zero-order valence-electron chi connectivity index (χ0n) is 10.1. The largest absolute Gasteiger partial charge is 0.338 e. The third-order valence-corrected chi connectivity index (χ3v) is 3.15. The number of rotatable bonds is 3. The fourth-order valence-electron chi connectivity index (χ4n) is 2.08. The first-order chi connectivity index (χ1) is 8.27. The van der Waals surface area contributed by atoms with Gasteiger partial charge in [0.2, 0.25) is 0 Å². The van der Waals surface area contributed by atoms with E-state index < -0.39 is 0 Å². The van der Waals surface area contributed by atoms with Crippen molar-refractivity contribution < 1.29 is 9.63 Å². The number of benzene rings is 1. The van der Waals surface area contributed by atoms with Gasteiger partial charge in [-0.1, -0.05) is 48.3 Å². The second-order valence-electron chi connectivity index (χ2n) is 4.43. The van der Waals surface area contributed by atoms with E-state index in [4.69, 9.17) is 4.84 Å². The number of carbonyl (C=O) groups excluding carboxylic acids is 1. The van der Waals surface area contributed by atoms with E-state index in [9.17, 15) is 4.79 Å². The molecule has 1 aliphatic rings. The molecule has 0 atom stereocenters. The molecule has 0 N–H and O–H groups in total. The predicted molar refractivity (Wildman–Crippen MR) is 66.7 cm³/mol. The normalized spacial score (nSPS) is 17.1. The molecule has 1 aromatic rings. The molecular weight excluding hydrogens is 214 g/mol. The zero-order chi connectivity index (χ0) is 12.1. The van der Waals surface area contributed by atoms with Crippen LogP contribution in [0, 0.1) is 5.92 Å². The minimum Gasteiger partial charge on any atom is -0.318 e. The van der Waals surface area contributed by atoms with Crippen LogP contribution in [0.25, 0.3) is 0 Å². The molecule has 1 fully saturated rings. The van der Waals surface area contributed by atoms with Gasteiger partial charge in [0.15, 0.2) is 0 Å². The molecule has 1 aliphatic carbocycles. The highest BCUT2D eigenvalue weighted by atomic mass is 16.7. The van der Waals surface area contributed by atoms with Crippen molar-refractivity contribution in [2.45, 2.75) is 32.6 Å². The van der Waals surface area contributed by atoms with Crippen molar-refractivity contribution in [1.82, 2.24) is 0 Å². The van der Waals surface area contributed by atoms with Crippen LogP contribution >= 0.6 is 0 Å². The average Bonchev–Trinajstić information content (AvgIpc) is 2.90. The van der Waals surface area contributed by atoms with Gasteiger partial charge in [0.1, 0.15) is 0 Å². The van der Waals surface area contributed by atoms with E-state index in [1.165, 1.54) is 0 Å². The van der Waals surface area contributed by atoms with E-state index in [0.717, 1.165) is 37.0 Å². The lowest BCUT2D eigenvalue weighted by Gasteiger charge is -2.05. The van der Waals surface area contributed by atoms with E-state index in [-0.39, 0.29) is 11.9 Å². The summed E-state index contributed by atoms with van der Waals surface area (Å²) in [7, 11) is 0. The van der Waals surface area contributed by atoms with Crippen molar-refractivity contribution in [3.05, 3.63) is 35.9 Å². The molecule has 0 unspecified atom stereocenters. The third-order valence-electron chi connectivity index (χ3n) is 3.15. The maximum atomic E-state index is 11.7. The maximum Gasteiger partial charge on any atom is 0.338 e. The van der Waals surface area contributed by atoms with Crippen LogP contribution in [-0.4, -0.2) is 11.7 Å². The highest BCUT2D eigenvalue weighted by molar-refractivity contribution is 5.98. The van der Waals surface area contributed by atoms with Crippen LogP contribution < -0.4 is 0 Å². The Hall–Kier alpha value is -1.64. The molecular formula is C14H17NO2. The van der Waals surface area contributed by atoms with E-state index in [1.807, 2.05) is 37.3 Å². The molecule has 2 rings (SSSR count). The van der Waals surface area contributed by atoms with Crippen molar-refractivity contribution in [3.63, 3.8) is 0 Å². The first-order valence-corrected chi connectivity index (χ1v) is 6.08. The minimum atomic E-state index is -0.183. The smallest absolute Gasteiger partial charge is 0.318 e. The fourth-order valence-corrected chi connectivity index (χ4v) is 2.08. The molecule has 0 aromatic heterocycles. The molecule has 0 radical (unpaired) electrons. The summed E-state index contributed by atoms with van der Waals surface area (Å²) in [6.45, 7) is 1.84. The maximum absolute atomic E-state index is 11.7. The summed E-state index contributed by atoms with van der Waals surface area (Å²) in [6.07, 6.45) is 4.14. The predicted octanol–water partition coefficient (Wildman–Crippen LogP) is 3.14. The van der Waals surface area contributed by atoms with Crippen molar-refractivity contribution in [1.29, 1.82) is 0 Å². The summed E-state index contributed by atoms with van der Waals surface area (Å²) >= 11 is 0. The summed E-state index contributed by atoms with van der Waals surface area (Å²) in [5.74, 6) is -0.125. The number of carbonyl (C=O) groups is 1. The summed E-state index contributed by atoms with van der Waals surface area (Å²) in [5, 5.41) is 3.91. The Labute approximate surface area is 101 Å². The van der Waals surface area contributed by atoms with Gasteiger partial charge < -0.3 is 4.84 Å². The molecule has 0 aliphatic heterocycles. The SMILES string of the molecule is CC(=NOC(=O)C1CCCC1)c1ccccc1. The first-order valence-electron chi connectivity index (χ1n) is 6.08. The van der Waals surface area contributed by atoms with Crippen LogP contribution in [0.2, 0.25) is 0 Å². The van der Waals surface area contributed by atoms with E-state index >= 15 is 0 Å². The topological polar surface area (TPSA) is 38.7 Å². The van der Waals surface area contributed by atoms with E-state index in [1.54, 1.807) is 0 Å². The molecule has 1 aromatic carbocycles. The third kappa shape index (κ3) is 3.16. The Morgan fingerprint density at radius 3 is 2.53 bits per heavy atom. The Morgan fingerprint density at radius 2 is 1.88 bits per heavy atom. The van der Waals surface area contributed by atoms with E-state index in [0.29, 0.717) is 0 Å². The van der Waals surface area contributed by atoms with Crippen LogP contribution in [0.15, 0.2) is 35.5 Å². The number of hydrogen-bond acceptors (Lipinski definition) is 3. The molecule has 0 spiro atoms. The van der Waals surface area contributed by atoms with Crippen LogP contribution in [0.3, 0.4) is 0 Å². The number of hydrogen-bond donors (Lipinski definition) is 0. The highest BCUT2D eigenvalue weighted by Crippen LogP contribution is 2.25. The van der Waals surface area contributed by atoms with Crippen LogP contribution in [0.5, 0.6) is 0 Å². The highest BCUT2D eigenvalue weighted by Gasteiger charge is 2.24. The summed E-state index contributed by atoms with van der Waals surface area (Å²) < 4.78 is 0. The Kier molecular flexibility index (Phi) is 3.91. The standard InChI is InChI=1S/C14H17NO2/c1-11(12-7-3-2-4-8-12)15-17-14(16)13-9-5-6-10-13/h2-4,7-8,13H,5-6,9-10H2,1H3. The number of nitrogens with zero attached hydrogens (tertiary/aromatic N) is 1. The summed E-state index contributed by atoms with van der Waals surface area (Å²) in [6, 6.07) is 9.71. The lowest BCUT2D eigenvalue weighted by molar-refractivity contribution is -0.148. The van der Waals surface area contributed by atoms with E-state index in [2.05, 4.69) is 5.16 Å². The molecule has 3 heteroatoms. The van der Waals surface area contributed by atoms with Gasteiger partial charge in [-0.25, -0.2) is 4.79 Å². The van der Waals surface area contributed by atoms with Crippen LogP contribution in [0.4, 0.5) is 0 Å². The van der Waals surface area contributed by atoms with Crippen molar-refractivity contribution in [2.24, 2.45) is 11.1 Å². The average molecular weight is 231 g/mol. The Balaban J connectivity index is 1.94. The van der Waals surface area contributed by atoms with Gasteiger partial charge in [0.25, 0.3) is 0 Å². The van der Waals surface area contributed by atoms with Crippen LogP contribution in [-0.2, 0) is 9.63 Å². The lowest BCUT2D eigenvalue weighted by atomic mass is 10.1. The second-order valence-corrected chi connectivity index (χ2v) is 4.43. The van der Waals surface area contributed by atoms with Crippen LogP contribution in [0.1, 0.15) is 38.2 Å². The molecule has 1 saturated carbocycles. The van der Waals surface area contributed by atoms with Gasteiger partial charge in [-0.3, -0.25) is 0 Å². The Bertz CT molecular complexity index is 405. The quantitative estimate of drug-likeness (QED) is 0.455. The fraction of sp³-hybridized carbons (Fsp3) is 0.429. The van der Waals surface area contributed by atoms with Gasteiger partial charge in [-0.15, -0.1) is 0 Å². The number of oxime groups is 1. The first kappa shape index (κ1) is 11.8. The molecule has 0 bridgehead atoms. The minimum absolute atomic E-state index is 0.0577. The monoisotopic (exact) mass is 231 g/mol. The van der Waals surface area contributed by atoms with Gasteiger partial charge in [0.05, 0.1) is 11.6 Å². The van der Waals surface area contributed by atoms with Gasteiger partial charge >= 0.3 is 5.97 Å². The summed E-state index contributed by atoms with van der Waals surface area (Å²) in [4.78, 5) is 16.6. The molecule has 0 heterocycles. The van der Waals surface area contributed by atoms with Gasteiger partial charge in [-0.05, 0) is 25.3 Å². The lowest BCUT2D eigenvalue weighted by Crippen LogP contribution is -2.12. The summed E-state index contributed by atoms with van der Waals surface area (Å²) in [5.41, 5.74) is 1.71. The van der Waals surface area contributed by atoms with Crippen molar-refractivity contribution in [2.75, 3.05) is 0 Å². The molecule has 90 valence electrons. The zero-order valence-corrected chi connectivity index (χ0v) is 10.1. The molecule has 3 nitrogen and oxygen atoms in total. The van der Waals surface area contributed by atoms with Crippen molar-refractivity contribution in [3.8, 4) is 0 Å². The van der Waals surface area contributed by atoms with Gasteiger partial charge in [0, 0.05) is 0 Å². The second kappa shape index (κ2) is 5.62. The Morgan fingerprint density at radius 1 is 1.24 bits per heavy atom. The molecule has 17 heavy (non-hydrogen) atoms.